The van der Waals surface area contributed by atoms with Crippen molar-refractivity contribution < 1.29 is 4.74 Å². The quantitative estimate of drug-likeness (QED) is 0.859. The fraction of sp³-hybridized carbons (Fsp3) is 0.625. The summed E-state index contributed by atoms with van der Waals surface area (Å²) in [5.41, 5.74) is 1.33. The lowest BCUT2D eigenvalue weighted by Gasteiger charge is -2.31. The molecule has 0 spiro atoms. The Morgan fingerprint density at radius 1 is 1.21 bits per heavy atom. The number of nitrogens with one attached hydrogen (secondary N) is 1. The number of rotatable bonds is 6. The third kappa shape index (κ3) is 4.51. The summed E-state index contributed by atoms with van der Waals surface area (Å²) in [5, 5.41) is 4.65. The van der Waals surface area contributed by atoms with Gasteiger partial charge in [-0.15, -0.1) is 0 Å². The van der Waals surface area contributed by atoms with Crippen LogP contribution in [-0.4, -0.2) is 31.3 Å². The molecule has 0 bridgehead atoms. The van der Waals surface area contributed by atoms with Gasteiger partial charge in [0.2, 0.25) is 0 Å². The van der Waals surface area contributed by atoms with Crippen LogP contribution in [0.1, 0.15) is 37.3 Å². The first-order chi connectivity index (χ1) is 9.33. The van der Waals surface area contributed by atoms with Gasteiger partial charge in [-0.05, 0) is 37.5 Å². The minimum atomic E-state index is 0.321. The molecule has 1 fully saturated rings. The van der Waals surface area contributed by atoms with Crippen LogP contribution in [0.2, 0.25) is 0 Å². The number of methoxy groups -OCH3 is 1. The molecule has 2 nitrogen and oxygen atoms in total. The molecule has 1 atom stereocenters. The molecule has 1 saturated carbocycles. The lowest BCUT2D eigenvalue weighted by molar-refractivity contribution is 0.156. The van der Waals surface area contributed by atoms with Gasteiger partial charge in [-0.1, -0.05) is 30.3 Å². The Morgan fingerprint density at radius 2 is 1.89 bits per heavy atom. The van der Waals surface area contributed by atoms with Gasteiger partial charge in [0.25, 0.3) is 0 Å². The zero-order valence-electron chi connectivity index (χ0n) is 12.0. The number of benzene rings is 1. The van der Waals surface area contributed by atoms with Crippen molar-refractivity contribution in [1.29, 1.82) is 0 Å². The maximum Gasteiger partial charge on any atom is 0.0657 e. The molecule has 106 valence electrons. The van der Waals surface area contributed by atoms with E-state index >= 15 is 0 Å². The Morgan fingerprint density at radius 3 is 2.47 bits per heavy atom. The Kier molecular flexibility index (Phi) is 6.21. The summed E-state index contributed by atoms with van der Waals surface area (Å²) in [6.45, 7) is 0.743. The van der Waals surface area contributed by atoms with E-state index < -0.39 is 0 Å². The van der Waals surface area contributed by atoms with Crippen LogP contribution in [0.3, 0.4) is 0 Å². The molecule has 0 amide bonds. The highest BCUT2D eigenvalue weighted by Gasteiger charge is 2.23. The Bertz CT molecular complexity index is 349. The van der Waals surface area contributed by atoms with Crippen molar-refractivity contribution in [1.82, 2.24) is 5.32 Å². The smallest absolute Gasteiger partial charge is 0.0657 e. The van der Waals surface area contributed by atoms with Gasteiger partial charge in [-0.2, -0.15) is 11.8 Å². The van der Waals surface area contributed by atoms with E-state index in [1.165, 1.54) is 31.2 Å². The minimum absolute atomic E-state index is 0.321. The van der Waals surface area contributed by atoms with Gasteiger partial charge in [0.1, 0.15) is 0 Å². The topological polar surface area (TPSA) is 21.3 Å². The Balaban J connectivity index is 1.91. The van der Waals surface area contributed by atoms with Gasteiger partial charge in [-0.25, -0.2) is 0 Å². The molecule has 0 aliphatic heterocycles. The molecule has 1 unspecified atom stereocenters. The number of thioether (sulfide) groups is 1. The van der Waals surface area contributed by atoms with E-state index in [0.717, 1.165) is 11.9 Å². The third-order valence-corrected chi connectivity index (χ3v) is 5.12. The van der Waals surface area contributed by atoms with E-state index in [-0.39, 0.29) is 0 Å². The molecule has 1 N–H and O–H groups in total. The maximum absolute atomic E-state index is 5.38. The molecule has 2 rings (SSSR count). The summed E-state index contributed by atoms with van der Waals surface area (Å²) in [7, 11) is 1.78. The van der Waals surface area contributed by atoms with Crippen LogP contribution in [0.4, 0.5) is 0 Å². The molecule has 0 saturated heterocycles. The second-order valence-electron chi connectivity index (χ2n) is 5.29. The van der Waals surface area contributed by atoms with Crippen molar-refractivity contribution in [3.8, 4) is 0 Å². The lowest BCUT2D eigenvalue weighted by atomic mass is 9.93. The first kappa shape index (κ1) is 14.9. The van der Waals surface area contributed by atoms with E-state index in [9.17, 15) is 0 Å². The molecule has 1 aliphatic carbocycles. The summed E-state index contributed by atoms with van der Waals surface area (Å²) in [6.07, 6.45) is 7.49. The Hall–Kier alpha value is -0.510. The second kappa shape index (κ2) is 7.93. The number of hydrogen-bond donors (Lipinski definition) is 1. The van der Waals surface area contributed by atoms with Crippen molar-refractivity contribution in [3.63, 3.8) is 0 Å². The van der Waals surface area contributed by atoms with Crippen LogP contribution < -0.4 is 5.32 Å². The predicted octanol–water partition coefficient (Wildman–Crippen LogP) is 3.64. The first-order valence-electron chi connectivity index (χ1n) is 7.16. The van der Waals surface area contributed by atoms with Gasteiger partial charge >= 0.3 is 0 Å². The highest BCUT2D eigenvalue weighted by molar-refractivity contribution is 7.99. The van der Waals surface area contributed by atoms with Crippen LogP contribution in [0.25, 0.3) is 0 Å². The fourth-order valence-electron chi connectivity index (χ4n) is 2.84. The highest BCUT2D eigenvalue weighted by Crippen LogP contribution is 2.28. The molecule has 1 aromatic carbocycles. The van der Waals surface area contributed by atoms with Crippen LogP contribution in [-0.2, 0) is 4.74 Å². The molecule has 19 heavy (non-hydrogen) atoms. The second-order valence-corrected chi connectivity index (χ2v) is 6.43. The molecular weight excluding hydrogens is 254 g/mol. The zero-order chi connectivity index (χ0) is 13.5. The summed E-state index contributed by atoms with van der Waals surface area (Å²) in [4.78, 5) is 0. The molecule has 1 aliphatic rings. The van der Waals surface area contributed by atoms with E-state index in [4.69, 9.17) is 4.74 Å². The summed E-state index contributed by atoms with van der Waals surface area (Å²) < 4.78 is 5.38. The molecule has 0 heterocycles. The molecule has 0 radical (unpaired) electrons. The van der Waals surface area contributed by atoms with Crippen LogP contribution in [0.5, 0.6) is 0 Å². The average molecular weight is 279 g/mol. The third-order valence-electron chi connectivity index (χ3n) is 3.98. The maximum atomic E-state index is 5.38. The lowest BCUT2D eigenvalue weighted by Crippen LogP contribution is -2.38. The van der Waals surface area contributed by atoms with Crippen LogP contribution in [0.15, 0.2) is 30.3 Å². The zero-order valence-corrected chi connectivity index (χ0v) is 12.8. The van der Waals surface area contributed by atoms with Gasteiger partial charge < -0.3 is 10.1 Å². The first-order valence-corrected chi connectivity index (χ1v) is 8.45. The monoisotopic (exact) mass is 279 g/mol. The summed E-state index contributed by atoms with van der Waals surface area (Å²) in [5.74, 6) is 0. The van der Waals surface area contributed by atoms with Gasteiger partial charge in [0.15, 0.2) is 0 Å². The summed E-state index contributed by atoms with van der Waals surface area (Å²) in [6, 6.07) is 11.6. The fourth-order valence-corrected chi connectivity index (χ4v) is 3.59. The van der Waals surface area contributed by atoms with Gasteiger partial charge in [0, 0.05) is 18.4 Å². The van der Waals surface area contributed by atoms with Crippen molar-refractivity contribution in [2.45, 2.75) is 43.0 Å². The Labute approximate surface area is 121 Å². The SMILES string of the molecule is COCC(NC1CCC(SC)CC1)c1ccccc1. The molecule has 0 aromatic heterocycles. The number of ether oxygens (including phenoxy) is 1. The summed E-state index contributed by atoms with van der Waals surface area (Å²) >= 11 is 2.02. The van der Waals surface area contributed by atoms with Crippen LogP contribution in [0, 0.1) is 0 Å². The van der Waals surface area contributed by atoms with Crippen LogP contribution >= 0.6 is 11.8 Å². The van der Waals surface area contributed by atoms with E-state index in [1.807, 2.05) is 11.8 Å². The molecule has 3 heteroatoms. The van der Waals surface area contributed by atoms with E-state index in [1.54, 1.807) is 7.11 Å². The van der Waals surface area contributed by atoms with Crippen molar-refractivity contribution in [3.05, 3.63) is 35.9 Å². The average Bonchev–Trinajstić information content (AvgIpc) is 2.48. The van der Waals surface area contributed by atoms with Gasteiger partial charge in [0.05, 0.1) is 12.6 Å². The minimum Gasteiger partial charge on any atom is -0.383 e. The molecular formula is C16H25NOS. The van der Waals surface area contributed by atoms with Crippen molar-refractivity contribution >= 4 is 11.8 Å². The van der Waals surface area contributed by atoms with E-state index in [0.29, 0.717) is 12.1 Å². The normalized spacial score (nSPS) is 25.2. The standard InChI is InChI=1S/C16H25NOS/c1-18-12-16(13-6-4-3-5-7-13)17-14-8-10-15(19-2)11-9-14/h3-7,14-17H,8-12H2,1-2H3. The van der Waals surface area contributed by atoms with Gasteiger partial charge in [-0.3, -0.25) is 0 Å². The van der Waals surface area contributed by atoms with E-state index in [2.05, 4.69) is 41.9 Å². The highest BCUT2D eigenvalue weighted by atomic mass is 32.2. The number of hydrogen-bond acceptors (Lipinski definition) is 3. The van der Waals surface area contributed by atoms with Crippen molar-refractivity contribution in [2.24, 2.45) is 0 Å². The van der Waals surface area contributed by atoms with Crippen molar-refractivity contribution in [2.75, 3.05) is 20.0 Å². The predicted molar refractivity (Wildman–Crippen MR) is 83.8 cm³/mol. The largest absolute Gasteiger partial charge is 0.383 e. The molecule has 1 aromatic rings.